The Morgan fingerprint density at radius 1 is 1.07 bits per heavy atom. The molecule has 0 aliphatic carbocycles. The van der Waals surface area contributed by atoms with Crippen molar-refractivity contribution in [1.29, 1.82) is 0 Å². The van der Waals surface area contributed by atoms with E-state index in [1.54, 1.807) is 32.2 Å². The van der Waals surface area contributed by atoms with Crippen LogP contribution in [0.5, 0.6) is 23.0 Å². The lowest BCUT2D eigenvalue weighted by molar-refractivity contribution is -0.138. The molecule has 2 aliphatic rings. The number of thiazole rings is 1. The van der Waals surface area contributed by atoms with E-state index in [1.807, 2.05) is 48.5 Å². The number of halogens is 1. The maximum atomic E-state index is 14.2. The average Bonchev–Trinajstić information content (AvgIpc) is 3.59. The van der Waals surface area contributed by atoms with Gasteiger partial charge in [0.1, 0.15) is 0 Å². The van der Waals surface area contributed by atoms with Gasteiger partial charge in [0, 0.05) is 10.0 Å². The lowest BCUT2D eigenvalue weighted by atomic mass is 9.93. The van der Waals surface area contributed by atoms with E-state index in [4.69, 9.17) is 28.7 Å². The van der Waals surface area contributed by atoms with Gasteiger partial charge < -0.3 is 23.7 Å². The fraction of sp³-hybridized carbons (Fsp3) is 0.194. The highest BCUT2D eigenvalue weighted by atomic mass is 79.9. The Labute approximate surface area is 253 Å². The molecule has 0 N–H and O–H groups in total. The van der Waals surface area contributed by atoms with Gasteiger partial charge in [0.2, 0.25) is 6.79 Å². The molecular formula is C31H25BrN2O7S. The largest absolute Gasteiger partial charge is 0.493 e. The predicted octanol–water partition coefficient (Wildman–Crippen LogP) is 4.44. The summed E-state index contributed by atoms with van der Waals surface area (Å²) in [5, 5.41) is 0. The molecule has 4 aromatic rings. The van der Waals surface area contributed by atoms with Crippen LogP contribution in [-0.2, 0) is 9.53 Å². The number of carbonyl (C=O) groups is 1. The third-order valence-electron chi connectivity index (χ3n) is 6.88. The first-order chi connectivity index (χ1) is 20.4. The quantitative estimate of drug-likeness (QED) is 0.273. The number of esters is 1. The van der Waals surface area contributed by atoms with Gasteiger partial charge in [-0.15, -0.1) is 0 Å². The van der Waals surface area contributed by atoms with Crippen LogP contribution in [0.3, 0.4) is 0 Å². The maximum absolute atomic E-state index is 14.2. The van der Waals surface area contributed by atoms with Crippen LogP contribution in [0.15, 0.2) is 80.5 Å². The van der Waals surface area contributed by atoms with Gasteiger partial charge in [0.25, 0.3) is 5.56 Å². The van der Waals surface area contributed by atoms with Crippen molar-refractivity contribution in [2.75, 3.05) is 27.6 Å². The first-order valence-corrected chi connectivity index (χ1v) is 14.6. The molecule has 1 aromatic heterocycles. The summed E-state index contributed by atoms with van der Waals surface area (Å²) in [6, 6.07) is 17.5. The molecule has 0 amide bonds. The number of ether oxygens (including phenoxy) is 5. The third kappa shape index (κ3) is 4.88. The van der Waals surface area contributed by atoms with E-state index in [2.05, 4.69) is 15.9 Å². The van der Waals surface area contributed by atoms with Gasteiger partial charge in [0.05, 0.1) is 42.7 Å². The second-order valence-electron chi connectivity index (χ2n) is 9.27. The second-order valence-corrected chi connectivity index (χ2v) is 11.1. The summed E-state index contributed by atoms with van der Waals surface area (Å²) in [6.07, 6.45) is 1.78. The Hall–Kier alpha value is -4.35. The summed E-state index contributed by atoms with van der Waals surface area (Å²) in [6.45, 7) is 2.04. The summed E-state index contributed by atoms with van der Waals surface area (Å²) in [4.78, 5) is 33.2. The first-order valence-electron chi connectivity index (χ1n) is 13.0. The second kappa shape index (κ2) is 11.5. The molecule has 42 heavy (non-hydrogen) atoms. The SMILES string of the molecule is CCOC(=O)C1=C(c2ccccc2)N=c2s/c(=C\c3cc4c(cc3Br)OCO4)c(=O)n2[C@@H]1c1ccc(OC)c(OC)c1. The third-order valence-corrected chi connectivity index (χ3v) is 8.55. The van der Waals surface area contributed by atoms with Crippen molar-refractivity contribution in [2.45, 2.75) is 13.0 Å². The molecule has 0 saturated carbocycles. The molecular weight excluding hydrogens is 624 g/mol. The summed E-state index contributed by atoms with van der Waals surface area (Å²) in [5.74, 6) is 1.64. The zero-order chi connectivity index (χ0) is 29.4. The van der Waals surface area contributed by atoms with E-state index in [0.717, 1.165) is 15.6 Å². The lowest BCUT2D eigenvalue weighted by Crippen LogP contribution is -2.40. The van der Waals surface area contributed by atoms with Crippen LogP contribution in [0.25, 0.3) is 11.8 Å². The van der Waals surface area contributed by atoms with Crippen molar-refractivity contribution >= 4 is 45.0 Å². The van der Waals surface area contributed by atoms with Crippen molar-refractivity contribution in [1.82, 2.24) is 4.57 Å². The van der Waals surface area contributed by atoms with Crippen molar-refractivity contribution in [3.8, 4) is 23.0 Å². The van der Waals surface area contributed by atoms with Gasteiger partial charge in [-0.3, -0.25) is 9.36 Å². The van der Waals surface area contributed by atoms with Crippen LogP contribution in [-0.4, -0.2) is 38.2 Å². The van der Waals surface area contributed by atoms with E-state index in [-0.39, 0.29) is 24.5 Å². The summed E-state index contributed by atoms with van der Waals surface area (Å²) < 4.78 is 30.3. The van der Waals surface area contributed by atoms with Gasteiger partial charge >= 0.3 is 5.97 Å². The number of hydrogen-bond acceptors (Lipinski definition) is 9. The molecule has 0 fully saturated rings. The Bertz CT molecular complexity index is 1910. The Kier molecular flexibility index (Phi) is 7.61. The molecule has 3 aromatic carbocycles. The Morgan fingerprint density at radius 3 is 2.52 bits per heavy atom. The molecule has 2 aliphatic heterocycles. The molecule has 1 atom stereocenters. The highest BCUT2D eigenvalue weighted by molar-refractivity contribution is 9.10. The smallest absolute Gasteiger partial charge is 0.338 e. The van der Waals surface area contributed by atoms with Crippen LogP contribution >= 0.6 is 27.3 Å². The number of carbonyl (C=O) groups excluding carboxylic acids is 1. The molecule has 0 bridgehead atoms. The highest BCUT2D eigenvalue weighted by Gasteiger charge is 2.35. The fourth-order valence-electron chi connectivity index (χ4n) is 4.96. The topological polar surface area (TPSA) is 97.6 Å². The minimum atomic E-state index is -0.849. The summed E-state index contributed by atoms with van der Waals surface area (Å²) in [7, 11) is 3.08. The number of fused-ring (bicyclic) bond motifs is 2. The van der Waals surface area contributed by atoms with Gasteiger partial charge in [-0.05, 0) is 48.4 Å². The molecule has 214 valence electrons. The molecule has 9 nitrogen and oxygen atoms in total. The molecule has 0 unspecified atom stereocenters. The number of methoxy groups -OCH3 is 2. The Morgan fingerprint density at radius 2 is 1.81 bits per heavy atom. The number of rotatable bonds is 7. The van der Waals surface area contributed by atoms with Crippen molar-refractivity contribution in [3.63, 3.8) is 0 Å². The van der Waals surface area contributed by atoms with Crippen LogP contribution < -0.4 is 33.8 Å². The normalized spacial score (nSPS) is 15.7. The average molecular weight is 650 g/mol. The van der Waals surface area contributed by atoms with Crippen LogP contribution in [0, 0.1) is 0 Å². The molecule has 0 radical (unpaired) electrons. The van der Waals surface area contributed by atoms with Crippen molar-refractivity contribution in [3.05, 3.63) is 107 Å². The molecule has 0 spiro atoms. The molecule has 3 heterocycles. The molecule has 11 heteroatoms. The van der Waals surface area contributed by atoms with Gasteiger partial charge in [-0.2, -0.15) is 0 Å². The number of nitrogens with zero attached hydrogens (tertiary/aromatic N) is 2. The van der Waals surface area contributed by atoms with E-state index in [0.29, 0.717) is 43.6 Å². The van der Waals surface area contributed by atoms with Crippen LogP contribution in [0.4, 0.5) is 0 Å². The summed E-state index contributed by atoms with van der Waals surface area (Å²) in [5.41, 5.74) is 2.47. The molecule has 0 saturated heterocycles. The monoisotopic (exact) mass is 648 g/mol. The van der Waals surface area contributed by atoms with Crippen molar-refractivity contribution < 1.29 is 28.5 Å². The minimum absolute atomic E-state index is 0.137. The van der Waals surface area contributed by atoms with E-state index in [9.17, 15) is 9.59 Å². The van der Waals surface area contributed by atoms with E-state index < -0.39 is 12.0 Å². The fourth-order valence-corrected chi connectivity index (χ4v) is 6.39. The minimum Gasteiger partial charge on any atom is -0.493 e. The standard InChI is InChI=1S/C31H25BrN2O7S/c1-4-39-30(36)26-27(17-8-6-5-7-9-17)33-31-34(28(26)18-10-11-21(37-2)22(12-18)38-3)29(35)25(42-31)14-19-13-23-24(15-20(19)32)41-16-40-23/h5-15,28H,4,16H2,1-3H3/b25-14-/t28-/m1/s1. The van der Waals surface area contributed by atoms with Crippen molar-refractivity contribution in [2.24, 2.45) is 4.99 Å². The number of benzene rings is 3. The molecule has 6 rings (SSSR count). The maximum Gasteiger partial charge on any atom is 0.338 e. The summed E-state index contributed by atoms with van der Waals surface area (Å²) >= 11 is 4.81. The van der Waals surface area contributed by atoms with Gasteiger partial charge in [0.15, 0.2) is 27.8 Å². The lowest BCUT2D eigenvalue weighted by Gasteiger charge is -2.26. The van der Waals surface area contributed by atoms with Gasteiger partial charge in [-0.25, -0.2) is 9.79 Å². The zero-order valence-electron chi connectivity index (χ0n) is 22.9. The zero-order valence-corrected chi connectivity index (χ0v) is 25.3. The highest BCUT2D eigenvalue weighted by Crippen LogP contribution is 2.39. The van der Waals surface area contributed by atoms with Crippen LogP contribution in [0.2, 0.25) is 0 Å². The Balaban J connectivity index is 1.64. The predicted molar refractivity (Wildman–Crippen MR) is 161 cm³/mol. The first kappa shape index (κ1) is 27.8. The van der Waals surface area contributed by atoms with Crippen LogP contribution in [0.1, 0.15) is 29.7 Å². The van der Waals surface area contributed by atoms with E-state index >= 15 is 0 Å². The van der Waals surface area contributed by atoms with E-state index in [1.165, 1.54) is 23.0 Å². The number of aromatic nitrogens is 1. The van der Waals surface area contributed by atoms with Gasteiger partial charge in [-0.1, -0.05) is 63.7 Å². The number of hydrogen-bond donors (Lipinski definition) is 0.